The van der Waals surface area contributed by atoms with Crippen LogP contribution in [0.4, 0.5) is 0 Å². The van der Waals surface area contributed by atoms with Gasteiger partial charge in [-0.15, -0.1) is 0 Å². The number of carbonyl (C=O) groups is 2. The summed E-state index contributed by atoms with van der Waals surface area (Å²) in [5.41, 5.74) is 0.585. The highest BCUT2D eigenvalue weighted by Crippen LogP contribution is 2.41. The quantitative estimate of drug-likeness (QED) is 0.864. The van der Waals surface area contributed by atoms with Gasteiger partial charge in [0.05, 0.1) is 0 Å². The van der Waals surface area contributed by atoms with Crippen LogP contribution in [0.2, 0.25) is 5.02 Å². The van der Waals surface area contributed by atoms with Crippen molar-refractivity contribution in [1.82, 2.24) is 15.1 Å². The fourth-order valence-electron chi connectivity index (χ4n) is 4.84. The Balaban J connectivity index is 1.62. The number of hydrogen-bond donors (Lipinski definition) is 1. The van der Waals surface area contributed by atoms with Crippen LogP contribution in [0, 0.1) is 5.92 Å². The topological polar surface area (TPSA) is 52.7 Å². The fourth-order valence-corrected chi connectivity index (χ4v) is 5.03. The highest BCUT2D eigenvalue weighted by molar-refractivity contribution is 6.31. The van der Waals surface area contributed by atoms with Crippen molar-refractivity contribution in [3.8, 4) is 0 Å². The summed E-state index contributed by atoms with van der Waals surface area (Å²) in [6.45, 7) is 3.11. The monoisotopic (exact) mass is 375 g/mol. The van der Waals surface area contributed by atoms with Gasteiger partial charge in [0, 0.05) is 42.8 Å². The summed E-state index contributed by atoms with van der Waals surface area (Å²) < 4.78 is 0. The van der Waals surface area contributed by atoms with Crippen LogP contribution in [0.3, 0.4) is 0 Å². The Hall–Kier alpha value is -1.59. The van der Waals surface area contributed by atoms with Gasteiger partial charge in [-0.3, -0.25) is 9.59 Å². The Bertz CT molecular complexity index is 689. The van der Waals surface area contributed by atoms with E-state index in [9.17, 15) is 9.59 Å². The van der Waals surface area contributed by atoms with E-state index in [0.717, 1.165) is 51.9 Å². The summed E-state index contributed by atoms with van der Waals surface area (Å²) in [6, 6.07) is 6.95. The number of carbonyl (C=O) groups excluding carboxylic acids is 2. The van der Waals surface area contributed by atoms with E-state index in [1.807, 2.05) is 9.80 Å². The van der Waals surface area contributed by atoms with Gasteiger partial charge in [0.1, 0.15) is 6.04 Å². The lowest BCUT2D eigenvalue weighted by Gasteiger charge is -2.36. The van der Waals surface area contributed by atoms with Gasteiger partial charge < -0.3 is 15.1 Å². The maximum Gasteiger partial charge on any atom is 0.254 e. The van der Waals surface area contributed by atoms with E-state index in [4.69, 9.17) is 11.6 Å². The van der Waals surface area contributed by atoms with Gasteiger partial charge in [0.2, 0.25) is 5.91 Å². The number of piperazine rings is 1. The van der Waals surface area contributed by atoms with Crippen LogP contribution in [0.1, 0.15) is 42.5 Å². The average Bonchev–Trinajstić information content (AvgIpc) is 3.07. The second-order valence-corrected chi connectivity index (χ2v) is 8.10. The van der Waals surface area contributed by atoms with Crippen LogP contribution in [0.5, 0.6) is 0 Å². The molecule has 1 saturated carbocycles. The lowest BCUT2D eigenvalue weighted by atomic mass is 9.84. The molecule has 3 unspecified atom stereocenters. The van der Waals surface area contributed by atoms with Gasteiger partial charge in [-0.2, -0.15) is 0 Å². The van der Waals surface area contributed by atoms with Crippen molar-refractivity contribution in [3.63, 3.8) is 0 Å². The molecule has 1 aromatic rings. The molecule has 3 atom stereocenters. The van der Waals surface area contributed by atoms with Crippen molar-refractivity contribution in [1.29, 1.82) is 0 Å². The van der Waals surface area contributed by atoms with Crippen molar-refractivity contribution in [2.24, 2.45) is 5.92 Å². The lowest BCUT2D eigenvalue weighted by Crippen LogP contribution is -2.54. The van der Waals surface area contributed by atoms with Crippen molar-refractivity contribution in [2.75, 3.05) is 26.2 Å². The van der Waals surface area contributed by atoms with Crippen LogP contribution in [0.25, 0.3) is 0 Å². The number of benzene rings is 1. The van der Waals surface area contributed by atoms with E-state index in [1.54, 1.807) is 24.3 Å². The molecule has 6 heteroatoms. The molecule has 0 radical (unpaired) electrons. The van der Waals surface area contributed by atoms with Crippen molar-refractivity contribution < 1.29 is 9.59 Å². The Labute approximate surface area is 159 Å². The molecule has 26 heavy (non-hydrogen) atoms. The van der Waals surface area contributed by atoms with E-state index < -0.39 is 0 Å². The molecular formula is C20H26ClN3O2. The van der Waals surface area contributed by atoms with E-state index in [1.165, 1.54) is 6.42 Å². The number of hydrogen-bond acceptors (Lipinski definition) is 3. The number of fused-ring (bicyclic) bond motifs is 1. The highest BCUT2D eigenvalue weighted by Gasteiger charge is 2.48. The minimum atomic E-state index is -0.326. The Morgan fingerprint density at radius 1 is 1.12 bits per heavy atom. The summed E-state index contributed by atoms with van der Waals surface area (Å²) >= 11 is 6.10. The molecule has 1 N–H and O–H groups in total. The maximum absolute atomic E-state index is 13.3. The van der Waals surface area contributed by atoms with E-state index >= 15 is 0 Å². The molecule has 2 saturated heterocycles. The molecule has 0 spiro atoms. The Kier molecular flexibility index (Phi) is 5.18. The first kappa shape index (κ1) is 17.8. The zero-order valence-corrected chi connectivity index (χ0v) is 15.8. The minimum absolute atomic E-state index is 0.0459. The van der Waals surface area contributed by atoms with Crippen LogP contribution >= 0.6 is 11.6 Å². The van der Waals surface area contributed by atoms with Crippen LogP contribution in [-0.2, 0) is 4.79 Å². The van der Waals surface area contributed by atoms with Gasteiger partial charge in [-0.25, -0.2) is 0 Å². The molecule has 0 aromatic heterocycles. The third kappa shape index (κ3) is 3.35. The average molecular weight is 376 g/mol. The van der Waals surface area contributed by atoms with E-state index in [2.05, 4.69) is 5.32 Å². The lowest BCUT2D eigenvalue weighted by molar-refractivity contribution is -0.136. The molecule has 140 valence electrons. The maximum atomic E-state index is 13.3. The highest BCUT2D eigenvalue weighted by atomic mass is 35.5. The van der Waals surface area contributed by atoms with E-state index in [0.29, 0.717) is 16.5 Å². The second kappa shape index (κ2) is 7.57. The summed E-state index contributed by atoms with van der Waals surface area (Å²) in [7, 11) is 0. The smallest absolute Gasteiger partial charge is 0.254 e. The van der Waals surface area contributed by atoms with Gasteiger partial charge >= 0.3 is 0 Å². The zero-order chi connectivity index (χ0) is 18.1. The summed E-state index contributed by atoms with van der Waals surface area (Å²) in [5.74, 6) is 0.524. The van der Waals surface area contributed by atoms with Gasteiger partial charge in [0.15, 0.2) is 0 Å². The predicted octanol–water partition coefficient (Wildman–Crippen LogP) is 2.55. The molecule has 3 fully saturated rings. The predicted molar refractivity (Wildman–Crippen MR) is 101 cm³/mol. The van der Waals surface area contributed by atoms with Gasteiger partial charge in [0.25, 0.3) is 5.91 Å². The summed E-state index contributed by atoms with van der Waals surface area (Å²) in [4.78, 5) is 30.4. The molecule has 2 heterocycles. The largest absolute Gasteiger partial charge is 0.338 e. The molecule has 1 aliphatic carbocycles. The SMILES string of the molecule is O=C(C1CC2CCCCC2N1C(=O)c1cccc(Cl)c1)N1CCNCC1. The number of halogens is 1. The second-order valence-electron chi connectivity index (χ2n) is 7.66. The molecule has 5 nitrogen and oxygen atoms in total. The van der Waals surface area contributed by atoms with Crippen molar-refractivity contribution >= 4 is 23.4 Å². The first-order valence-electron chi connectivity index (χ1n) is 9.73. The van der Waals surface area contributed by atoms with Crippen molar-refractivity contribution in [2.45, 2.75) is 44.2 Å². The molecule has 4 rings (SSSR count). The fraction of sp³-hybridized carbons (Fsp3) is 0.600. The zero-order valence-electron chi connectivity index (χ0n) is 15.0. The number of nitrogens with one attached hydrogen (secondary N) is 1. The summed E-state index contributed by atoms with van der Waals surface area (Å²) in [6.07, 6.45) is 5.27. The first-order valence-corrected chi connectivity index (χ1v) is 10.1. The Morgan fingerprint density at radius 2 is 1.88 bits per heavy atom. The molecule has 2 amide bonds. The van der Waals surface area contributed by atoms with Gasteiger partial charge in [-0.05, 0) is 43.4 Å². The molecule has 0 bridgehead atoms. The molecule has 2 aliphatic heterocycles. The summed E-state index contributed by atoms with van der Waals surface area (Å²) in [5, 5.41) is 3.84. The third-order valence-electron chi connectivity index (χ3n) is 6.11. The first-order chi connectivity index (χ1) is 12.6. The normalized spacial score (nSPS) is 28.7. The van der Waals surface area contributed by atoms with Crippen LogP contribution in [0.15, 0.2) is 24.3 Å². The Morgan fingerprint density at radius 3 is 2.65 bits per heavy atom. The van der Waals surface area contributed by atoms with Crippen LogP contribution in [-0.4, -0.2) is 59.9 Å². The van der Waals surface area contributed by atoms with Crippen LogP contribution < -0.4 is 5.32 Å². The van der Waals surface area contributed by atoms with E-state index in [-0.39, 0.29) is 23.9 Å². The molecule has 1 aromatic carbocycles. The minimum Gasteiger partial charge on any atom is -0.338 e. The number of amides is 2. The molecule has 3 aliphatic rings. The number of nitrogens with zero attached hydrogens (tertiary/aromatic N) is 2. The molecular weight excluding hydrogens is 350 g/mol. The third-order valence-corrected chi connectivity index (χ3v) is 6.34. The van der Waals surface area contributed by atoms with Gasteiger partial charge in [-0.1, -0.05) is 30.5 Å². The number of likely N-dealkylation sites (tertiary alicyclic amines) is 1. The number of rotatable bonds is 2. The van der Waals surface area contributed by atoms with Crippen molar-refractivity contribution in [3.05, 3.63) is 34.9 Å². The standard InChI is InChI=1S/C20H26ClN3O2/c21-16-6-3-5-15(12-16)19(25)24-17-7-2-1-4-14(17)13-18(24)20(26)23-10-8-22-9-11-23/h3,5-6,12,14,17-18,22H,1-2,4,7-11,13H2.